The van der Waals surface area contributed by atoms with E-state index in [9.17, 15) is 5.11 Å². The molecule has 0 aliphatic heterocycles. The molecule has 1 aromatic carbocycles. The highest BCUT2D eigenvalue weighted by Crippen LogP contribution is 2.20. The molecule has 0 radical (unpaired) electrons. The van der Waals surface area contributed by atoms with E-state index in [1.54, 1.807) is 0 Å². The molecule has 2 atom stereocenters. The Balaban J connectivity index is 2.77. The number of hydrogen-bond donors (Lipinski definition) is 1. The first-order valence-electron chi connectivity index (χ1n) is 3.59. The van der Waals surface area contributed by atoms with E-state index in [1.165, 1.54) is 0 Å². The van der Waals surface area contributed by atoms with Crippen molar-refractivity contribution >= 4 is 15.9 Å². The highest BCUT2D eigenvalue weighted by Gasteiger charge is 2.11. The molecule has 2 heteroatoms. The van der Waals surface area contributed by atoms with Crippen LogP contribution in [0.4, 0.5) is 0 Å². The van der Waals surface area contributed by atoms with Crippen LogP contribution in [0.5, 0.6) is 0 Å². The number of aliphatic hydroxyl groups is 1. The number of aliphatic hydroxyl groups excluding tert-OH is 1. The molecule has 0 unspecified atom stereocenters. The van der Waals surface area contributed by atoms with Crippen LogP contribution in [0.1, 0.15) is 18.6 Å². The molecule has 1 aromatic rings. The van der Waals surface area contributed by atoms with Gasteiger partial charge in [-0.25, -0.2) is 0 Å². The van der Waals surface area contributed by atoms with Gasteiger partial charge in [0.2, 0.25) is 0 Å². The SMILES string of the molecule is C[C@H](Br)[C@H](O)c1ccccc1. The van der Waals surface area contributed by atoms with Crippen molar-refractivity contribution < 1.29 is 5.11 Å². The normalized spacial score (nSPS) is 15.9. The summed E-state index contributed by atoms with van der Waals surface area (Å²) in [7, 11) is 0. The molecule has 0 aromatic heterocycles. The number of benzene rings is 1. The maximum Gasteiger partial charge on any atom is 0.0912 e. The molecule has 0 amide bonds. The van der Waals surface area contributed by atoms with Crippen LogP contribution in [-0.2, 0) is 0 Å². The first kappa shape index (κ1) is 8.75. The maximum atomic E-state index is 9.55. The van der Waals surface area contributed by atoms with Crippen LogP contribution in [0.15, 0.2) is 30.3 Å². The standard InChI is InChI=1S/C9H11BrO/c1-7(10)9(11)8-5-3-2-4-6-8/h2-7,9,11H,1H3/t7-,9-/m0/s1. The second-order valence-electron chi connectivity index (χ2n) is 2.53. The van der Waals surface area contributed by atoms with Crippen LogP contribution >= 0.6 is 15.9 Å². The molecule has 1 rings (SSSR count). The highest BCUT2D eigenvalue weighted by atomic mass is 79.9. The lowest BCUT2D eigenvalue weighted by atomic mass is 10.1. The first-order chi connectivity index (χ1) is 5.22. The van der Waals surface area contributed by atoms with E-state index in [0.29, 0.717) is 0 Å². The Labute approximate surface area is 75.2 Å². The minimum atomic E-state index is -0.406. The fourth-order valence-corrected chi connectivity index (χ4v) is 1.22. The average Bonchev–Trinajstić information content (AvgIpc) is 2.05. The van der Waals surface area contributed by atoms with E-state index >= 15 is 0 Å². The second kappa shape index (κ2) is 3.88. The number of hydrogen-bond acceptors (Lipinski definition) is 1. The second-order valence-corrected chi connectivity index (χ2v) is 3.98. The Morgan fingerprint density at radius 2 is 1.82 bits per heavy atom. The third-order valence-corrected chi connectivity index (χ3v) is 2.08. The summed E-state index contributed by atoms with van der Waals surface area (Å²) < 4.78 is 0. The van der Waals surface area contributed by atoms with Gasteiger partial charge in [0, 0.05) is 4.83 Å². The van der Waals surface area contributed by atoms with Crippen molar-refractivity contribution in [3.63, 3.8) is 0 Å². The quantitative estimate of drug-likeness (QED) is 0.751. The fraction of sp³-hybridized carbons (Fsp3) is 0.333. The van der Waals surface area contributed by atoms with Gasteiger partial charge in [-0.1, -0.05) is 46.3 Å². The Bertz CT molecular complexity index is 208. The van der Waals surface area contributed by atoms with Gasteiger partial charge in [0.15, 0.2) is 0 Å². The van der Waals surface area contributed by atoms with E-state index in [1.807, 2.05) is 37.3 Å². The van der Waals surface area contributed by atoms with Gasteiger partial charge in [0.1, 0.15) is 0 Å². The van der Waals surface area contributed by atoms with Gasteiger partial charge in [0.25, 0.3) is 0 Å². The summed E-state index contributed by atoms with van der Waals surface area (Å²) in [5, 5.41) is 9.55. The molecule has 0 fully saturated rings. The van der Waals surface area contributed by atoms with E-state index in [4.69, 9.17) is 0 Å². The summed E-state index contributed by atoms with van der Waals surface area (Å²) in [6.07, 6.45) is -0.406. The van der Waals surface area contributed by atoms with Gasteiger partial charge >= 0.3 is 0 Å². The topological polar surface area (TPSA) is 20.2 Å². The smallest absolute Gasteiger partial charge is 0.0912 e. The lowest BCUT2D eigenvalue weighted by Crippen LogP contribution is -2.06. The van der Waals surface area contributed by atoms with Gasteiger partial charge in [-0.05, 0) is 12.5 Å². The zero-order valence-corrected chi connectivity index (χ0v) is 7.95. The maximum absolute atomic E-state index is 9.55. The van der Waals surface area contributed by atoms with Crippen LogP contribution in [0, 0.1) is 0 Å². The first-order valence-corrected chi connectivity index (χ1v) is 4.50. The van der Waals surface area contributed by atoms with Gasteiger partial charge in [-0.3, -0.25) is 0 Å². The average molecular weight is 215 g/mol. The third-order valence-electron chi connectivity index (χ3n) is 1.58. The summed E-state index contributed by atoms with van der Waals surface area (Å²) >= 11 is 3.33. The lowest BCUT2D eigenvalue weighted by Gasteiger charge is -2.12. The summed E-state index contributed by atoms with van der Waals surface area (Å²) in [6, 6.07) is 9.63. The summed E-state index contributed by atoms with van der Waals surface area (Å²) in [6.45, 7) is 1.93. The van der Waals surface area contributed by atoms with Crippen LogP contribution in [0.3, 0.4) is 0 Å². The Kier molecular flexibility index (Phi) is 3.09. The van der Waals surface area contributed by atoms with Crippen LogP contribution < -0.4 is 0 Å². The number of rotatable bonds is 2. The molecule has 0 spiro atoms. The van der Waals surface area contributed by atoms with E-state index in [-0.39, 0.29) is 4.83 Å². The summed E-state index contributed by atoms with van der Waals surface area (Å²) in [5.41, 5.74) is 0.955. The lowest BCUT2D eigenvalue weighted by molar-refractivity contribution is 0.181. The fourth-order valence-electron chi connectivity index (χ4n) is 0.915. The van der Waals surface area contributed by atoms with E-state index in [2.05, 4.69) is 15.9 Å². The summed E-state index contributed by atoms with van der Waals surface area (Å²) in [5.74, 6) is 0. The molecule has 1 N–H and O–H groups in total. The van der Waals surface area contributed by atoms with Crippen LogP contribution in [0.2, 0.25) is 0 Å². The number of alkyl halides is 1. The Hall–Kier alpha value is -0.340. The van der Waals surface area contributed by atoms with Crippen LogP contribution in [0.25, 0.3) is 0 Å². The predicted molar refractivity (Wildman–Crippen MR) is 49.8 cm³/mol. The van der Waals surface area contributed by atoms with Crippen molar-refractivity contribution in [2.45, 2.75) is 17.9 Å². The molecule has 0 saturated heterocycles. The van der Waals surface area contributed by atoms with Gasteiger partial charge in [-0.2, -0.15) is 0 Å². The highest BCUT2D eigenvalue weighted by molar-refractivity contribution is 9.09. The van der Waals surface area contributed by atoms with Crippen molar-refractivity contribution in [3.8, 4) is 0 Å². The van der Waals surface area contributed by atoms with Gasteiger partial charge < -0.3 is 5.11 Å². The Morgan fingerprint density at radius 1 is 1.27 bits per heavy atom. The molecule has 0 aliphatic carbocycles. The van der Waals surface area contributed by atoms with Crippen molar-refractivity contribution in [2.24, 2.45) is 0 Å². The zero-order valence-electron chi connectivity index (χ0n) is 6.37. The van der Waals surface area contributed by atoms with E-state index < -0.39 is 6.10 Å². The molecule has 60 valence electrons. The van der Waals surface area contributed by atoms with Crippen LogP contribution in [-0.4, -0.2) is 9.93 Å². The van der Waals surface area contributed by atoms with Crippen molar-refractivity contribution in [3.05, 3.63) is 35.9 Å². The molecule has 0 heterocycles. The molecular weight excluding hydrogens is 204 g/mol. The largest absolute Gasteiger partial charge is 0.387 e. The molecule has 0 aliphatic rings. The van der Waals surface area contributed by atoms with Crippen molar-refractivity contribution in [1.82, 2.24) is 0 Å². The molecule has 1 nitrogen and oxygen atoms in total. The molecule has 0 saturated carbocycles. The molecular formula is C9H11BrO. The minimum Gasteiger partial charge on any atom is -0.387 e. The third kappa shape index (κ3) is 2.31. The zero-order chi connectivity index (χ0) is 8.27. The van der Waals surface area contributed by atoms with Crippen molar-refractivity contribution in [2.75, 3.05) is 0 Å². The van der Waals surface area contributed by atoms with E-state index in [0.717, 1.165) is 5.56 Å². The van der Waals surface area contributed by atoms with Gasteiger partial charge in [-0.15, -0.1) is 0 Å². The van der Waals surface area contributed by atoms with Crippen molar-refractivity contribution in [1.29, 1.82) is 0 Å². The predicted octanol–water partition coefficient (Wildman–Crippen LogP) is 2.50. The summed E-state index contributed by atoms with van der Waals surface area (Å²) in [4.78, 5) is 0.102. The molecule has 0 bridgehead atoms. The minimum absolute atomic E-state index is 0.102. The number of halogens is 1. The molecule has 11 heavy (non-hydrogen) atoms. The Morgan fingerprint density at radius 3 is 2.27 bits per heavy atom. The monoisotopic (exact) mass is 214 g/mol. The van der Waals surface area contributed by atoms with Gasteiger partial charge in [0.05, 0.1) is 6.10 Å².